The lowest BCUT2D eigenvalue weighted by Crippen LogP contribution is -2.32. The third-order valence-corrected chi connectivity index (χ3v) is 3.47. The molecule has 0 spiro atoms. The molecule has 19 heavy (non-hydrogen) atoms. The normalized spacial score (nSPS) is 15.6. The van der Waals surface area contributed by atoms with Crippen molar-refractivity contribution >= 4 is 5.91 Å². The van der Waals surface area contributed by atoms with Crippen LogP contribution in [0.25, 0.3) is 5.82 Å². The smallest absolute Gasteiger partial charge is 0.253 e. The van der Waals surface area contributed by atoms with Gasteiger partial charge in [-0.15, -0.1) is 0 Å². The first-order valence-electron chi connectivity index (χ1n) is 6.58. The highest BCUT2D eigenvalue weighted by molar-refractivity contribution is 5.94. The zero-order chi connectivity index (χ0) is 13.1. The van der Waals surface area contributed by atoms with Gasteiger partial charge in [0.1, 0.15) is 12.1 Å². The zero-order valence-electron chi connectivity index (χ0n) is 10.6. The van der Waals surface area contributed by atoms with Crippen LogP contribution in [0.2, 0.25) is 0 Å². The number of imidazole rings is 1. The van der Waals surface area contributed by atoms with Crippen molar-refractivity contribution in [2.75, 3.05) is 0 Å². The molecule has 2 aromatic rings. The number of nitrogens with one attached hydrogen (secondary N) is 1. The minimum Gasteiger partial charge on any atom is -0.349 e. The summed E-state index contributed by atoms with van der Waals surface area (Å²) in [5, 5.41) is 3.05. The fraction of sp³-hybridized carbons (Fsp3) is 0.357. The van der Waals surface area contributed by atoms with Crippen molar-refractivity contribution in [3.8, 4) is 5.82 Å². The van der Waals surface area contributed by atoms with Crippen LogP contribution in [0.15, 0.2) is 37.1 Å². The first-order valence-corrected chi connectivity index (χ1v) is 6.58. The van der Waals surface area contributed by atoms with Crippen LogP contribution in [0, 0.1) is 0 Å². The summed E-state index contributed by atoms with van der Waals surface area (Å²) < 4.78 is 1.80. The maximum atomic E-state index is 12.0. The van der Waals surface area contributed by atoms with E-state index in [4.69, 9.17) is 0 Å². The summed E-state index contributed by atoms with van der Waals surface area (Å²) in [5.74, 6) is 0.728. The molecule has 0 atom stereocenters. The molecule has 1 aliphatic rings. The number of carbonyl (C=O) groups is 1. The second-order valence-electron chi connectivity index (χ2n) is 4.83. The Bertz CT molecular complexity index is 541. The Morgan fingerprint density at radius 3 is 2.79 bits per heavy atom. The average molecular weight is 256 g/mol. The molecule has 0 aromatic carbocycles. The highest BCUT2D eigenvalue weighted by Gasteiger charge is 2.18. The number of aromatic nitrogens is 3. The largest absolute Gasteiger partial charge is 0.349 e. The molecule has 0 aliphatic heterocycles. The number of hydrogen-bond donors (Lipinski definition) is 1. The Balaban J connectivity index is 1.69. The molecule has 5 heteroatoms. The second kappa shape index (κ2) is 5.22. The standard InChI is InChI=1S/C14H16N4O/c19-14(17-12-3-1-2-4-12)11-5-6-13(16-9-11)18-8-7-15-10-18/h5-10,12H,1-4H2,(H,17,19). The molecular formula is C14H16N4O. The average Bonchev–Trinajstić information content (AvgIpc) is 3.12. The number of rotatable bonds is 3. The lowest BCUT2D eigenvalue weighted by Gasteiger charge is -2.11. The van der Waals surface area contributed by atoms with Crippen molar-refractivity contribution in [2.24, 2.45) is 0 Å². The minimum atomic E-state index is -0.0309. The summed E-state index contributed by atoms with van der Waals surface area (Å²) >= 11 is 0. The van der Waals surface area contributed by atoms with Crippen LogP contribution in [-0.2, 0) is 0 Å². The van der Waals surface area contributed by atoms with Gasteiger partial charge in [-0.25, -0.2) is 9.97 Å². The van der Waals surface area contributed by atoms with Crippen molar-refractivity contribution in [1.29, 1.82) is 0 Å². The molecule has 0 radical (unpaired) electrons. The predicted octanol–water partition coefficient (Wildman–Crippen LogP) is 1.94. The lowest BCUT2D eigenvalue weighted by atomic mass is 10.2. The number of amides is 1. The molecule has 1 fully saturated rings. The van der Waals surface area contributed by atoms with Crippen molar-refractivity contribution in [3.05, 3.63) is 42.6 Å². The van der Waals surface area contributed by atoms with Gasteiger partial charge in [-0.2, -0.15) is 0 Å². The van der Waals surface area contributed by atoms with Crippen LogP contribution in [0.3, 0.4) is 0 Å². The molecule has 1 N–H and O–H groups in total. The molecule has 2 aromatic heterocycles. The molecule has 5 nitrogen and oxygen atoms in total. The molecule has 1 saturated carbocycles. The van der Waals surface area contributed by atoms with Crippen molar-refractivity contribution in [2.45, 2.75) is 31.7 Å². The van der Waals surface area contributed by atoms with E-state index in [0.29, 0.717) is 11.6 Å². The number of nitrogens with zero attached hydrogens (tertiary/aromatic N) is 3. The maximum Gasteiger partial charge on any atom is 0.253 e. The summed E-state index contributed by atoms with van der Waals surface area (Å²) in [7, 11) is 0. The van der Waals surface area contributed by atoms with Crippen LogP contribution < -0.4 is 5.32 Å². The first kappa shape index (κ1) is 11.9. The number of carbonyl (C=O) groups excluding carboxylic acids is 1. The van der Waals surface area contributed by atoms with Gasteiger partial charge < -0.3 is 5.32 Å². The summed E-state index contributed by atoms with van der Waals surface area (Å²) in [5.41, 5.74) is 0.607. The van der Waals surface area contributed by atoms with Crippen LogP contribution >= 0.6 is 0 Å². The highest BCUT2D eigenvalue weighted by atomic mass is 16.1. The third kappa shape index (κ3) is 2.65. The molecule has 1 amide bonds. The topological polar surface area (TPSA) is 59.8 Å². The summed E-state index contributed by atoms with van der Waals surface area (Å²) in [6.07, 6.45) is 11.4. The van der Waals surface area contributed by atoms with Gasteiger partial charge in [-0.05, 0) is 25.0 Å². The van der Waals surface area contributed by atoms with E-state index in [1.165, 1.54) is 12.8 Å². The highest BCUT2D eigenvalue weighted by Crippen LogP contribution is 2.18. The van der Waals surface area contributed by atoms with Crippen LogP contribution in [0.5, 0.6) is 0 Å². The Labute approximate surface area is 111 Å². The van der Waals surface area contributed by atoms with Gasteiger partial charge in [0.05, 0.1) is 5.56 Å². The summed E-state index contributed by atoms with van der Waals surface area (Å²) in [4.78, 5) is 20.3. The van der Waals surface area contributed by atoms with E-state index in [2.05, 4.69) is 15.3 Å². The molecule has 0 saturated heterocycles. The van der Waals surface area contributed by atoms with Gasteiger partial charge in [-0.3, -0.25) is 9.36 Å². The lowest BCUT2D eigenvalue weighted by molar-refractivity contribution is 0.0937. The van der Waals surface area contributed by atoms with Gasteiger partial charge in [0.15, 0.2) is 0 Å². The Hall–Kier alpha value is -2.17. The third-order valence-electron chi connectivity index (χ3n) is 3.47. The van der Waals surface area contributed by atoms with Crippen molar-refractivity contribution in [1.82, 2.24) is 19.9 Å². The van der Waals surface area contributed by atoms with Gasteiger partial charge in [0, 0.05) is 24.6 Å². The van der Waals surface area contributed by atoms with E-state index in [-0.39, 0.29) is 5.91 Å². The van der Waals surface area contributed by atoms with Crippen molar-refractivity contribution in [3.63, 3.8) is 0 Å². The monoisotopic (exact) mass is 256 g/mol. The van der Waals surface area contributed by atoms with Gasteiger partial charge in [0.25, 0.3) is 5.91 Å². The fourth-order valence-corrected chi connectivity index (χ4v) is 2.41. The Morgan fingerprint density at radius 1 is 1.32 bits per heavy atom. The van der Waals surface area contributed by atoms with Gasteiger partial charge >= 0.3 is 0 Å². The van der Waals surface area contributed by atoms with E-state index >= 15 is 0 Å². The Kier molecular flexibility index (Phi) is 3.27. The van der Waals surface area contributed by atoms with Gasteiger partial charge in [-0.1, -0.05) is 12.8 Å². The minimum absolute atomic E-state index is 0.0309. The van der Waals surface area contributed by atoms with E-state index in [1.807, 2.05) is 12.3 Å². The summed E-state index contributed by atoms with van der Waals surface area (Å²) in [6, 6.07) is 3.96. The Morgan fingerprint density at radius 2 is 2.16 bits per heavy atom. The second-order valence-corrected chi connectivity index (χ2v) is 4.83. The molecule has 0 unspecified atom stereocenters. The number of hydrogen-bond acceptors (Lipinski definition) is 3. The fourth-order valence-electron chi connectivity index (χ4n) is 2.41. The van der Waals surface area contributed by atoms with Crippen molar-refractivity contribution < 1.29 is 4.79 Å². The molecule has 1 aliphatic carbocycles. The van der Waals surface area contributed by atoms with Gasteiger partial charge in [0.2, 0.25) is 0 Å². The molecule has 2 heterocycles. The molecule has 0 bridgehead atoms. The predicted molar refractivity (Wildman–Crippen MR) is 71.1 cm³/mol. The van der Waals surface area contributed by atoms with Crippen LogP contribution in [0.4, 0.5) is 0 Å². The van der Waals surface area contributed by atoms with E-state index in [9.17, 15) is 4.79 Å². The quantitative estimate of drug-likeness (QED) is 0.913. The first-order chi connectivity index (χ1) is 9.33. The molecular weight excluding hydrogens is 240 g/mol. The zero-order valence-corrected chi connectivity index (χ0v) is 10.6. The van der Waals surface area contributed by atoms with Crippen LogP contribution in [-0.4, -0.2) is 26.5 Å². The maximum absolute atomic E-state index is 12.0. The summed E-state index contributed by atoms with van der Waals surface area (Å²) in [6.45, 7) is 0. The van der Waals surface area contributed by atoms with E-state index in [1.54, 1.807) is 29.4 Å². The SMILES string of the molecule is O=C(NC1CCCC1)c1ccc(-n2ccnc2)nc1. The van der Waals surface area contributed by atoms with Crippen LogP contribution in [0.1, 0.15) is 36.0 Å². The van der Waals surface area contributed by atoms with E-state index in [0.717, 1.165) is 18.7 Å². The number of pyridine rings is 1. The molecule has 3 rings (SSSR count). The molecule has 98 valence electrons. The van der Waals surface area contributed by atoms with E-state index < -0.39 is 0 Å².